The number of aromatic nitrogens is 2. The van der Waals surface area contributed by atoms with Crippen molar-refractivity contribution >= 4 is 6.03 Å². The second kappa shape index (κ2) is 5.31. The number of piperidine rings is 1. The van der Waals surface area contributed by atoms with Gasteiger partial charge in [0, 0.05) is 37.6 Å². The van der Waals surface area contributed by atoms with E-state index in [9.17, 15) is 4.79 Å². The van der Waals surface area contributed by atoms with Crippen LogP contribution in [0.3, 0.4) is 0 Å². The molecule has 2 rings (SSSR count). The smallest absolute Gasteiger partial charge is 0.327 e. The molecule has 0 atom stereocenters. The molecule has 1 saturated heterocycles. The Balaban J connectivity index is 1.80. The molecule has 0 saturated carbocycles. The predicted octanol–water partition coefficient (Wildman–Crippen LogP) is 1.31. The van der Waals surface area contributed by atoms with Gasteiger partial charge in [-0.2, -0.15) is 0 Å². The second-order valence-corrected chi connectivity index (χ2v) is 4.82. The summed E-state index contributed by atoms with van der Waals surface area (Å²) in [4.78, 5) is 18.1. The minimum absolute atomic E-state index is 0.0782. The number of carbonyl (C=O) groups excluding carboxylic acids is 1. The molecule has 0 unspecified atom stereocenters. The SMILES string of the molecule is CC(C)N1CCC(NC(=O)n2ccnc2)CC1. The van der Waals surface area contributed by atoms with Crippen LogP contribution in [-0.2, 0) is 0 Å². The molecule has 17 heavy (non-hydrogen) atoms. The molecule has 0 spiro atoms. The lowest BCUT2D eigenvalue weighted by Crippen LogP contribution is -2.47. The van der Waals surface area contributed by atoms with Crippen molar-refractivity contribution in [1.29, 1.82) is 0 Å². The maximum absolute atomic E-state index is 11.8. The van der Waals surface area contributed by atoms with Crippen molar-refractivity contribution in [1.82, 2.24) is 19.8 Å². The molecule has 1 amide bonds. The highest BCUT2D eigenvalue weighted by molar-refractivity contribution is 5.76. The lowest BCUT2D eigenvalue weighted by Gasteiger charge is -2.34. The van der Waals surface area contributed by atoms with Crippen LogP contribution in [0.15, 0.2) is 18.7 Å². The number of imidazole rings is 1. The van der Waals surface area contributed by atoms with Crippen LogP contribution in [0.5, 0.6) is 0 Å². The Labute approximate surface area is 102 Å². The van der Waals surface area contributed by atoms with Gasteiger partial charge < -0.3 is 10.2 Å². The van der Waals surface area contributed by atoms with Crippen molar-refractivity contribution in [2.45, 2.75) is 38.8 Å². The standard InChI is InChI=1S/C12H20N4O/c1-10(2)15-6-3-11(4-7-15)14-12(17)16-8-5-13-9-16/h5,8-11H,3-4,6-7H2,1-2H3,(H,14,17). The van der Waals surface area contributed by atoms with Crippen molar-refractivity contribution in [3.05, 3.63) is 18.7 Å². The first kappa shape index (κ1) is 12.1. The van der Waals surface area contributed by atoms with E-state index < -0.39 is 0 Å². The molecule has 1 aliphatic rings. The summed E-state index contributed by atoms with van der Waals surface area (Å²) < 4.78 is 1.48. The molecule has 1 fully saturated rings. The van der Waals surface area contributed by atoms with E-state index in [1.54, 1.807) is 12.4 Å². The normalized spacial score (nSPS) is 18.5. The number of hydrogen-bond acceptors (Lipinski definition) is 3. The third-order valence-corrected chi connectivity index (χ3v) is 3.33. The molecular weight excluding hydrogens is 216 g/mol. The summed E-state index contributed by atoms with van der Waals surface area (Å²) in [6.45, 7) is 6.55. The van der Waals surface area contributed by atoms with Crippen molar-refractivity contribution in [3.8, 4) is 0 Å². The quantitative estimate of drug-likeness (QED) is 0.842. The summed E-state index contributed by atoms with van der Waals surface area (Å²) in [5.41, 5.74) is 0. The Morgan fingerprint density at radius 1 is 1.41 bits per heavy atom. The van der Waals surface area contributed by atoms with E-state index in [1.165, 1.54) is 10.9 Å². The number of likely N-dealkylation sites (tertiary alicyclic amines) is 1. The van der Waals surface area contributed by atoms with Crippen LogP contribution in [-0.4, -0.2) is 45.7 Å². The molecule has 5 heteroatoms. The monoisotopic (exact) mass is 236 g/mol. The third kappa shape index (κ3) is 3.06. The van der Waals surface area contributed by atoms with Crippen LogP contribution in [0.1, 0.15) is 26.7 Å². The van der Waals surface area contributed by atoms with Gasteiger partial charge in [0.15, 0.2) is 0 Å². The Morgan fingerprint density at radius 3 is 2.65 bits per heavy atom. The van der Waals surface area contributed by atoms with E-state index in [2.05, 4.69) is 29.0 Å². The van der Waals surface area contributed by atoms with Crippen LogP contribution in [0.4, 0.5) is 4.79 Å². The molecule has 2 heterocycles. The number of carbonyl (C=O) groups is 1. The summed E-state index contributed by atoms with van der Waals surface area (Å²) in [5.74, 6) is 0. The maximum atomic E-state index is 11.8. The van der Waals surface area contributed by atoms with Gasteiger partial charge in [-0.3, -0.25) is 4.57 Å². The van der Waals surface area contributed by atoms with Crippen LogP contribution >= 0.6 is 0 Å². The molecule has 0 aromatic carbocycles. The number of hydrogen-bond donors (Lipinski definition) is 1. The van der Waals surface area contributed by atoms with Gasteiger partial charge in [-0.15, -0.1) is 0 Å². The molecule has 94 valence electrons. The van der Waals surface area contributed by atoms with E-state index >= 15 is 0 Å². The van der Waals surface area contributed by atoms with E-state index in [0.29, 0.717) is 12.1 Å². The van der Waals surface area contributed by atoms with Crippen molar-refractivity contribution in [2.24, 2.45) is 0 Å². The summed E-state index contributed by atoms with van der Waals surface area (Å²) >= 11 is 0. The third-order valence-electron chi connectivity index (χ3n) is 3.33. The Bertz CT molecular complexity index is 353. The first-order valence-corrected chi connectivity index (χ1v) is 6.19. The Kier molecular flexibility index (Phi) is 3.78. The van der Waals surface area contributed by atoms with Crippen molar-refractivity contribution in [2.75, 3.05) is 13.1 Å². The van der Waals surface area contributed by atoms with Gasteiger partial charge in [-0.25, -0.2) is 9.78 Å². The number of nitrogens with zero attached hydrogens (tertiary/aromatic N) is 3. The average molecular weight is 236 g/mol. The highest BCUT2D eigenvalue weighted by Gasteiger charge is 2.22. The lowest BCUT2D eigenvalue weighted by molar-refractivity contribution is 0.161. The zero-order valence-corrected chi connectivity index (χ0v) is 10.5. The number of nitrogens with one attached hydrogen (secondary N) is 1. The van der Waals surface area contributed by atoms with E-state index in [-0.39, 0.29) is 6.03 Å². The van der Waals surface area contributed by atoms with Gasteiger partial charge in [0.25, 0.3) is 0 Å². The zero-order valence-electron chi connectivity index (χ0n) is 10.5. The minimum atomic E-state index is -0.0782. The zero-order chi connectivity index (χ0) is 12.3. The summed E-state index contributed by atoms with van der Waals surface area (Å²) in [6.07, 6.45) is 6.86. The molecule has 1 aliphatic heterocycles. The van der Waals surface area contributed by atoms with Crippen molar-refractivity contribution < 1.29 is 4.79 Å². The van der Waals surface area contributed by atoms with Crippen LogP contribution in [0.25, 0.3) is 0 Å². The summed E-state index contributed by atoms with van der Waals surface area (Å²) in [7, 11) is 0. The largest absolute Gasteiger partial charge is 0.335 e. The number of amides is 1. The van der Waals surface area contributed by atoms with E-state index in [4.69, 9.17) is 0 Å². The van der Waals surface area contributed by atoms with Crippen molar-refractivity contribution in [3.63, 3.8) is 0 Å². The molecule has 0 radical (unpaired) electrons. The summed E-state index contributed by atoms with van der Waals surface area (Å²) in [5, 5.41) is 3.04. The van der Waals surface area contributed by atoms with E-state index in [1.807, 2.05) is 0 Å². The second-order valence-electron chi connectivity index (χ2n) is 4.82. The molecule has 5 nitrogen and oxygen atoms in total. The minimum Gasteiger partial charge on any atom is -0.335 e. The van der Waals surface area contributed by atoms with Gasteiger partial charge >= 0.3 is 6.03 Å². The van der Waals surface area contributed by atoms with Crippen LogP contribution < -0.4 is 5.32 Å². The van der Waals surface area contributed by atoms with Crippen LogP contribution in [0.2, 0.25) is 0 Å². The van der Waals surface area contributed by atoms with Gasteiger partial charge in [0.1, 0.15) is 6.33 Å². The highest BCUT2D eigenvalue weighted by Crippen LogP contribution is 2.12. The maximum Gasteiger partial charge on any atom is 0.327 e. The predicted molar refractivity (Wildman–Crippen MR) is 65.9 cm³/mol. The molecule has 0 bridgehead atoms. The van der Waals surface area contributed by atoms with Gasteiger partial charge in [0.05, 0.1) is 0 Å². The van der Waals surface area contributed by atoms with Gasteiger partial charge in [0.2, 0.25) is 0 Å². The van der Waals surface area contributed by atoms with Crippen LogP contribution in [0, 0.1) is 0 Å². The Morgan fingerprint density at radius 2 is 2.12 bits per heavy atom. The van der Waals surface area contributed by atoms with Gasteiger partial charge in [-0.05, 0) is 26.7 Å². The lowest BCUT2D eigenvalue weighted by atomic mass is 10.0. The topological polar surface area (TPSA) is 50.2 Å². The molecule has 1 aromatic heterocycles. The fourth-order valence-electron chi connectivity index (χ4n) is 2.19. The number of rotatable bonds is 2. The molecular formula is C12H20N4O. The van der Waals surface area contributed by atoms with Gasteiger partial charge in [-0.1, -0.05) is 0 Å². The fraction of sp³-hybridized carbons (Fsp3) is 0.667. The molecule has 0 aliphatic carbocycles. The van der Waals surface area contributed by atoms with E-state index in [0.717, 1.165) is 25.9 Å². The molecule has 1 aromatic rings. The molecule has 1 N–H and O–H groups in total. The first-order valence-electron chi connectivity index (χ1n) is 6.19. The average Bonchev–Trinajstić information content (AvgIpc) is 2.83. The highest BCUT2D eigenvalue weighted by atomic mass is 16.2. The Hall–Kier alpha value is -1.36. The summed E-state index contributed by atoms with van der Waals surface area (Å²) in [6, 6.07) is 0.811. The fourth-order valence-corrected chi connectivity index (χ4v) is 2.19. The first-order chi connectivity index (χ1) is 8.16.